The molecule has 1 aliphatic heterocycles. The van der Waals surface area contributed by atoms with Gasteiger partial charge in [-0.2, -0.15) is 0 Å². The van der Waals surface area contributed by atoms with Crippen molar-refractivity contribution >= 4 is 17.5 Å². The third-order valence-electron chi connectivity index (χ3n) is 6.19. The first kappa shape index (κ1) is 24.5. The zero-order valence-corrected chi connectivity index (χ0v) is 20.2. The number of benzene rings is 3. The molecule has 35 heavy (non-hydrogen) atoms. The molecule has 1 atom stereocenters. The van der Waals surface area contributed by atoms with Crippen molar-refractivity contribution in [1.29, 1.82) is 0 Å². The highest BCUT2D eigenvalue weighted by Gasteiger charge is 2.22. The summed E-state index contributed by atoms with van der Waals surface area (Å²) in [5.41, 5.74) is 3.22. The Morgan fingerprint density at radius 1 is 0.886 bits per heavy atom. The molecule has 0 aromatic heterocycles. The van der Waals surface area contributed by atoms with Crippen LogP contribution in [0.1, 0.15) is 53.7 Å². The first-order chi connectivity index (χ1) is 17.2. The fourth-order valence-electron chi connectivity index (χ4n) is 4.33. The van der Waals surface area contributed by atoms with E-state index < -0.39 is 6.04 Å². The van der Waals surface area contributed by atoms with Crippen LogP contribution >= 0.6 is 0 Å². The minimum Gasteiger partial charge on any atom is -0.492 e. The van der Waals surface area contributed by atoms with Crippen LogP contribution in [0.3, 0.4) is 0 Å². The number of amides is 2. The van der Waals surface area contributed by atoms with Gasteiger partial charge in [-0.15, -0.1) is 0 Å². The molecule has 1 aliphatic rings. The molecule has 2 N–H and O–H groups in total. The Labute approximate surface area is 207 Å². The number of piperidine rings is 1. The summed E-state index contributed by atoms with van der Waals surface area (Å²) in [7, 11) is 0. The summed E-state index contributed by atoms with van der Waals surface area (Å²) in [6.07, 6.45) is 3.35. The molecule has 182 valence electrons. The van der Waals surface area contributed by atoms with Crippen molar-refractivity contribution in [2.24, 2.45) is 0 Å². The van der Waals surface area contributed by atoms with E-state index in [0.717, 1.165) is 37.1 Å². The molecule has 6 heteroatoms. The van der Waals surface area contributed by atoms with Crippen molar-refractivity contribution in [3.05, 3.63) is 95.6 Å². The molecule has 0 aliphatic carbocycles. The number of para-hydroxylation sites is 2. The zero-order valence-electron chi connectivity index (χ0n) is 20.2. The summed E-state index contributed by atoms with van der Waals surface area (Å²) in [6.45, 7) is 4.59. The fraction of sp³-hybridized carbons (Fsp3) is 0.310. The highest BCUT2D eigenvalue weighted by atomic mass is 16.5. The number of hydrogen-bond donors (Lipinski definition) is 2. The molecule has 1 fully saturated rings. The van der Waals surface area contributed by atoms with E-state index in [2.05, 4.69) is 10.6 Å². The first-order valence-corrected chi connectivity index (χ1v) is 12.3. The molecule has 1 heterocycles. The average molecular weight is 472 g/mol. The molecule has 1 unspecified atom stereocenters. The molecular formula is C29H33N3O3. The second-order valence-corrected chi connectivity index (χ2v) is 8.69. The van der Waals surface area contributed by atoms with Gasteiger partial charge >= 0.3 is 0 Å². The van der Waals surface area contributed by atoms with Crippen LogP contribution in [0.4, 0.5) is 5.69 Å². The summed E-state index contributed by atoms with van der Waals surface area (Å²) in [5, 5.41) is 6.40. The standard InChI is InChI=1S/C29H33N3O3/c1-2-35-26-14-8-7-13-25(26)31-28(33)27(23-11-5-3-6-12-23)30-21-22-15-17-24(18-16-22)29(34)32-19-9-4-10-20-32/h3,5-8,11-18,27,30H,2,4,9-10,19-21H2,1H3,(H,31,33). The number of hydrogen-bond acceptors (Lipinski definition) is 4. The van der Waals surface area contributed by atoms with Crippen LogP contribution in [0, 0.1) is 0 Å². The van der Waals surface area contributed by atoms with Crippen molar-refractivity contribution in [1.82, 2.24) is 10.2 Å². The minimum atomic E-state index is -0.555. The van der Waals surface area contributed by atoms with E-state index in [-0.39, 0.29) is 11.8 Å². The van der Waals surface area contributed by atoms with Gasteiger partial charge in [0.05, 0.1) is 12.3 Å². The molecule has 0 bridgehead atoms. The molecule has 2 amide bonds. The highest BCUT2D eigenvalue weighted by molar-refractivity contribution is 5.97. The maximum Gasteiger partial charge on any atom is 0.253 e. The van der Waals surface area contributed by atoms with Gasteiger partial charge in [-0.1, -0.05) is 54.6 Å². The molecule has 3 aromatic rings. The van der Waals surface area contributed by atoms with Crippen molar-refractivity contribution in [2.45, 2.75) is 38.8 Å². The molecule has 3 aromatic carbocycles. The largest absolute Gasteiger partial charge is 0.492 e. The number of ether oxygens (including phenoxy) is 1. The fourth-order valence-corrected chi connectivity index (χ4v) is 4.33. The number of likely N-dealkylation sites (tertiary alicyclic amines) is 1. The van der Waals surface area contributed by atoms with Crippen molar-refractivity contribution < 1.29 is 14.3 Å². The Morgan fingerprint density at radius 3 is 2.29 bits per heavy atom. The summed E-state index contributed by atoms with van der Waals surface area (Å²) in [5.74, 6) is 0.572. The van der Waals surface area contributed by atoms with Crippen LogP contribution in [0.25, 0.3) is 0 Å². The summed E-state index contributed by atoms with van der Waals surface area (Å²) in [6, 6.07) is 24.2. The topological polar surface area (TPSA) is 70.7 Å². The van der Waals surface area contributed by atoms with Crippen molar-refractivity contribution in [3.8, 4) is 5.75 Å². The van der Waals surface area contributed by atoms with Gasteiger partial charge in [0.15, 0.2) is 0 Å². The highest BCUT2D eigenvalue weighted by Crippen LogP contribution is 2.25. The van der Waals surface area contributed by atoms with E-state index in [1.807, 2.05) is 90.7 Å². The molecule has 6 nitrogen and oxygen atoms in total. The lowest BCUT2D eigenvalue weighted by Gasteiger charge is -2.26. The Kier molecular flexibility index (Phi) is 8.52. The number of nitrogens with one attached hydrogen (secondary N) is 2. The van der Waals surface area contributed by atoms with Crippen LogP contribution < -0.4 is 15.4 Å². The van der Waals surface area contributed by atoms with E-state index >= 15 is 0 Å². The number of carbonyl (C=O) groups is 2. The summed E-state index contributed by atoms with van der Waals surface area (Å²) >= 11 is 0. The van der Waals surface area contributed by atoms with Crippen LogP contribution in [-0.4, -0.2) is 36.4 Å². The summed E-state index contributed by atoms with van der Waals surface area (Å²) < 4.78 is 5.66. The lowest BCUT2D eigenvalue weighted by Crippen LogP contribution is -2.35. The SMILES string of the molecule is CCOc1ccccc1NC(=O)C(NCc1ccc(C(=O)N2CCCCC2)cc1)c1ccccc1. The number of anilines is 1. The van der Waals surface area contributed by atoms with E-state index in [1.54, 1.807) is 0 Å². The average Bonchev–Trinajstić information content (AvgIpc) is 2.91. The van der Waals surface area contributed by atoms with Crippen molar-refractivity contribution in [3.63, 3.8) is 0 Å². The van der Waals surface area contributed by atoms with Gasteiger partial charge in [-0.3, -0.25) is 14.9 Å². The molecule has 1 saturated heterocycles. The van der Waals surface area contributed by atoms with E-state index in [1.165, 1.54) is 6.42 Å². The Morgan fingerprint density at radius 2 is 1.57 bits per heavy atom. The van der Waals surface area contributed by atoms with Gasteiger partial charge in [0.1, 0.15) is 11.8 Å². The molecule has 4 rings (SSSR count). The van der Waals surface area contributed by atoms with Gasteiger partial charge in [-0.05, 0) is 61.6 Å². The zero-order chi connectivity index (χ0) is 24.5. The van der Waals surface area contributed by atoms with Gasteiger partial charge in [0.25, 0.3) is 5.91 Å². The summed E-state index contributed by atoms with van der Waals surface area (Å²) in [4.78, 5) is 28.0. The predicted molar refractivity (Wildman–Crippen MR) is 138 cm³/mol. The number of carbonyl (C=O) groups excluding carboxylic acids is 2. The first-order valence-electron chi connectivity index (χ1n) is 12.3. The van der Waals surface area contributed by atoms with Crippen LogP contribution in [0.2, 0.25) is 0 Å². The van der Waals surface area contributed by atoms with Gasteiger partial charge in [0.2, 0.25) is 5.91 Å². The van der Waals surface area contributed by atoms with E-state index in [4.69, 9.17) is 4.74 Å². The minimum absolute atomic E-state index is 0.0960. The van der Waals surface area contributed by atoms with Crippen LogP contribution in [0.15, 0.2) is 78.9 Å². The van der Waals surface area contributed by atoms with E-state index in [0.29, 0.717) is 30.2 Å². The molecule has 0 spiro atoms. The van der Waals surface area contributed by atoms with Crippen molar-refractivity contribution in [2.75, 3.05) is 25.0 Å². The Bertz CT molecular complexity index is 1110. The second-order valence-electron chi connectivity index (χ2n) is 8.69. The predicted octanol–water partition coefficient (Wildman–Crippen LogP) is 5.18. The second kappa shape index (κ2) is 12.2. The quantitative estimate of drug-likeness (QED) is 0.451. The molecule has 0 radical (unpaired) electrons. The Balaban J connectivity index is 1.45. The molecular weight excluding hydrogens is 438 g/mol. The lowest BCUT2D eigenvalue weighted by atomic mass is 10.0. The maximum absolute atomic E-state index is 13.3. The van der Waals surface area contributed by atoms with Crippen LogP contribution in [-0.2, 0) is 11.3 Å². The maximum atomic E-state index is 13.3. The normalized spacial score (nSPS) is 14.3. The van der Waals surface area contributed by atoms with Gasteiger partial charge in [-0.25, -0.2) is 0 Å². The van der Waals surface area contributed by atoms with E-state index in [9.17, 15) is 9.59 Å². The van der Waals surface area contributed by atoms with Gasteiger partial charge in [0, 0.05) is 25.2 Å². The smallest absolute Gasteiger partial charge is 0.253 e. The monoisotopic (exact) mass is 471 g/mol. The Hall–Kier alpha value is -3.64. The lowest BCUT2D eigenvalue weighted by molar-refractivity contribution is -0.118. The van der Waals surface area contributed by atoms with Gasteiger partial charge < -0.3 is 15.0 Å². The molecule has 0 saturated carbocycles. The third-order valence-corrected chi connectivity index (χ3v) is 6.19. The number of nitrogens with zero attached hydrogens (tertiary/aromatic N) is 1. The van der Waals surface area contributed by atoms with Crippen LogP contribution in [0.5, 0.6) is 5.75 Å². The number of rotatable bonds is 9. The third kappa shape index (κ3) is 6.49.